The minimum absolute atomic E-state index is 0.0447. The second kappa shape index (κ2) is 11.4. The number of nitrogens with zero attached hydrogens (tertiary/aromatic N) is 4. The molecule has 2 aliphatic rings. The molecule has 2 atom stereocenters. The normalized spacial score (nSPS) is 20.4. The van der Waals surface area contributed by atoms with Crippen LogP contribution in [-0.4, -0.2) is 90.4 Å². The average Bonchev–Trinajstić information content (AvgIpc) is 3.09. The number of methoxy groups -OCH3 is 2. The molecule has 172 valence electrons. The van der Waals surface area contributed by atoms with Gasteiger partial charge in [-0.3, -0.25) is 24.5 Å². The summed E-state index contributed by atoms with van der Waals surface area (Å²) < 4.78 is 16.9. The fourth-order valence-corrected chi connectivity index (χ4v) is 4.12. The third-order valence-corrected chi connectivity index (χ3v) is 5.52. The van der Waals surface area contributed by atoms with Crippen LogP contribution in [0.1, 0.15) is 16.1 Å². The summed E-state index contributed by atoms with van der Waals surface area (Å²) in [5.41, 5.74) is 1.50. The highest BCUT2D eigenvalue weighted by Crippen LogP contribution is 2.31. The number of hydrogen-bond acceptors (Lipinski definition) is 8. The molecular formula is C22H28N4O6. The first-order chi connectivity index (χ1) is 15.6. The maximum Gasteiger partial charge on any atom is 0.290 e. The molecule has 0 aliphatic carbocycles. The Kier molecular flexibility index (Phi) is 8.34. The van der Waals surface area contributed by atoms with Gasteiger partial charge in [0.2, 0.25) is 0 Å². The van der Waals surface area contributed by atoms with Crippen molar-refractivity contribution in [1.29, 1.82) is 0 Å². The number of carbonyl (C=O) groups is 2. The molecule has 2 aromatic rings. The quantitative estimate of drug-likeness (QED) is 0.679. The number of hydrogen-bond donors (Lipinski definition) is 1. The molecule has 4 rings (SSSR count). The Morgan fingerprint density at radius 1 is 1.16 bits per heavy atom. The van der Waals surface area contributed by atoms with E-state index >= 15 is 0 Å². The molecule has 0 aromatic carbocycles. The van der Waals surface area contributed by atoms with Gasteiger partial charge in [0.05, 0.1) is 33.5 Å². The molecule has 1 amide bonds. The van der Waals surface area contributed by atoms with E-state index in [4.69, 9.17) is 24.1 Å². The number of carbonyl (C=O) groups excluding carboxylic acids is 1. The lowest BCUT2D eigenvalue weighted by Crippen LogP contribution is -2.45. The van der Waals surface area contributed by atoms with Gasteiger partial charge < -0.3 is 24.2 Å². The second-order valence-corrected chi connectivity index (χ2v) is 7.53. The number of rotatable bonds is 5. The molecule has 0 saturated carbocycles. The number of carboxylic acid groups (broad SMARTS) is 1. The van der Waals surface area contributed by atoms with Crippen molar-refractivity contribution in [2.75, 3.05) is 47.1 Å². The van der Waals surface area contributed by atoms with Crippen LogP contribution >= 0.6 is 0 Å². The van der Waals surface area contributed by atoms with Crippen molar-refractivity contribution in [2.45, 2.75) is 12.6 Å². The van der Waals surface area contributed by atoms with Crippen molar-refractivity contribution in [1.82, 2.24) is 19.8 Å². The number of ether oxygens (including phenoxy) is 3. The Morgan fingerprint density at radius 2 is 1.91 bits per heavy atom. The van der Waals surface area contributed by atoms with Crippen LogP contribution in [0.4, 0.5) is 0 Å². The highest BCUT2D eigenvalue weighted by molar-refractivity contribution is 5.94. The molecule has 10 heteroatoms. The van der Waals surface area contributed by atoms with Crippen LogP contribution < -0.4 is 9.47 Å². The zero-order valence-electron chi connectivity index (χ0n) is 18.2. The third kappa shape index (κ3) is 5.51. The van der Waals surface area contributed by atoms with Crippen molar-refractivity contribution >= 4 is 12.4 Å². The van der Waals surface area contributed by atoms with Crippen molar-refractivity contribution in [3.05, 3.63) is 48.0 Å². The highest BCUT2D eigenvalue weighted by Gasteiger charge is 2.36. The summed E-state index contributed by atoms with van der Waals surface area (Å²) in [5.74, 6) is 1.61. The number of fused-ring (bicyclic) bond motifs is 3. The van der Waals surface area contributed by atoms with Crippen LogP contribution in [0.2, 0.25) is 0 Å². The van der Waals surface area contributed by atoms with Crippen molar-refractivity contribution in [3.63, 3.8) is 0 Å². The number of amides is 1. The maximum atomic E-state index is 13.0. The van der Waals surface area contributed by atoms with Crippen LogP contribution in [0.25, 0.3) is 0 Å². The predicted molar refractivity (Wildman–Crippen MR) is 115 cm³/mol. The lowest BCUT2D eigenvalue weighted by molar-refractivity contribution is -0.122. The lowest BCUT2D eigenvalue weighted by atomic mass is 10.1. The summed E-state index contributed by atoms with van der Waals surface area (Å²) in [4.78, 5) is 34.2. The Balaban J connectivity index is 0.000000913. The van der Waals surface area contributed by atoms with E-state index in [1.165, 1.54) is 0 Å². The maximum absolute atomic E-state index is 13.0. The molecule has 0 radical (unpaired) electrons. The summed E-state index contributed by atoms with van der Waals surface area (Å²) in [7, 11) is 3.25. The van der Waals surface area contributed by atoms with Gasteiger partial charge >= 0.3 is 0 Å². The van der Waals surface area contributed by atoms with Gasteiger partial charge in [-0.1, -0.05) is 0 Å². The topological polar surface area (TPSA) is 114 Å². The van der Waals surface area contributed by atoms with Gasteiger partial charge in [-0.05, 0) is 12.1 Å². The van der Waals surface area contributed by atoms with E-state index < -0.39 is 0 Å². The predicted octanol–water partition coefficient (Wildman–Crippen LogP) is 1.17. The lowest BCUT2D eigenvalue weighted by Gasteiger charge is -2.31. The fraction of sp³-hybridized carbons (Fsp3) is 0.455. The van der Waals surface area contributed by atoms with Crippen molar-refractivity contribution < 1.29 is 28.9 Å². The van der Waals surface area contributed by atoms with E-state index in [2.05, 4.69) is 14.9 Å². The number of pyridine rings is 2. The molecule has 2 saturated heterocycles. The Bertz CT molecular complexity index is 897. The number of aromatic nitrogens is 2. The molecule has 32 heavy (non-hydrogen) atoms. The van der Waals surface area contributed by atoms with Gasteiger partial charge in [0, 0.05) is 62.3 Å². The van der Waals surface area contributed by atoms with Crippen LogP contribution in [-0.2, 0) is 16.1 Å². The molecule has 10 nitrogen and oxygen atoms in total. The van der Waals surface area contributed by atoms with E-state index in [0.29, 0.717) is 49.9 Å². The van der Waals surface area contributed by atoms with E-state index in [9.17, 15) is 4.79 Å². The van der Waals surface area contributed by atoms with E-state index in [1.807, 2.05) is 4.90 Å². The zero-order chi connectivity index (χ0) is 22.9. The molecule has 2 fully saturated rings. The van der Waals surface area contributed by atoms with Gasteiger partial charge in [0.25, 0.3) is 12.4 Å². The summed E-state index contributed by atoms with van der Waals surface area (Å²) >= 11 is 0. The van der Waals surface area contributed by atoms with Crippen LogP contribution in [0.3, 0.4) is 0 Å². The third-order valence-electron chi connectivity index (χ3n) is 5.52. The van der Waals surface area contributed by atoms with Gasteiger partial charge in [0.1, 0.15) is 5.69 Å². The molecule has 2 aromatic heterocycles. The molecule has 2 aliphatic heterocycles. The summed E-state index contributed by atoms with van der Waals surface area (Å²) in [6.45, 7) is 3.73. The molecule has 0 unspecified atom stereocenters. The van der Waals surface area contributed by atoms with Gasteiger partial charge in [-0.25, -0.2) is 0 Å². The summed E-state index contributed by atoms with van der Waals surface area (Å²) in [6, 6.07) is 5.41. The van der Waals surface area contributed by atoms with Gasteiger partial charge in [-0.2, -0.15) is 0 Å². The Labute approximate surface area is 186 Å². The van der Waals surface area contributed by atoms with Crippen LogP contribution in [0.5, 0.6) is 11.5 Å². The molecule has 4 heterocycles. The fourth-order valence-electron chi connectivity index (χ4n) is 4.12. The first kappa shape index (κ1) is 23.4. The first-order valence-corrected chi connectivity index (χ1v) is 10.3. The molecule has 2 bridgehead atoms. The van der Waals surface area contributed by atoms with Gasteiger partial charge in [0.15, 0.2) is 11.5 Å². The van der Waals surface area contributed by atoms with Crippen molar-refractivity contribution in [2.24, 2.45) is 5.92 Å². The van der Waals surface area contributed by atoms with E-state index in [1.54, 1.807) is 51.0 Å². The minimum atomic E-state index is -0.250. The average molecular weight is 444 g/mol. The van der Waals surface area contributed by atoms with Gasteiger partial charge in [-0.15, -0.1) is 0 Å². The largest absolute Gasteiger partial charge is 0.493 e. The van der Waals surface area contributed by atoms with E-state index in [0.717, 1.165) is 12.2 Å². The van der Waals surface area contributed by atoms with Crippen LogP contribution in [0, 0.1) is 5.92 Å². The Morgan fingerprint density at radius 3 is 2.59 bits per heavy atom. The highest BCUT2D eigenvalue weighted by atomic mass is 16.5. The monoisotopic (exact) mass is 444 g/mol. The molecule has 1 N–H and O–H groups in total. The SMILES string of the molecule is COc1ccnc(CN2C[C@H]3COC[C@@H]2CN(C(=O)c2ccncc2)C3)c1OC.O=CO. The summed E-state index contributed by atoms with van der Waals surface area (Å²) in [6.07, 6.45) is 5.04. The van der Waals surface area contributed by atoms with Crippen molar-refractivity contribution in [3.8, 4) is 11.5 Å². The van der Waals surface area contributed by atoms with E-state index in [-0.39, 0.29) is 24.3 Å². The second-order valence-electron chi connectivity index (χ2n) is 7.53. The standard InChI is InChI=1S/C21H26N4O4.CH2O2/c1-27-19-5-8-23-18(20(19)28-2)12-24-9-15-10-25(11-17(24)14-29-13-15)21(26)16-3-6-22-7-4-16;2-1-3/h3-8,15,17H,9-14H2,1-2H3;1H,(H,2,3)/t15-,17+;/m1./s1. The summed E-state index contributed by atoms with van der Waals surface area (Å²) in [5, 5.41) is 6.89. The van der Waals surface area contributed by atoms with Crippen LogP contribution in [0.15, 0.2) is 36.8 Å². The smallest absolute Gasteiger partial charge is 0.290 e. The zero-order valence-corrected chi connectivity index (χ0v) is 18.2. The molecular weight excluding hydrogens is 416 g/mol. The minimum Gasteiger partial charge on any atom is -0.493 e. The molecule has 0 spiro atoms. The Hall–Kier alpha value is -3.24. The first-order valence-electron chi connectivity index (χ1n) is 10.3.